The van der Waals surface area contributed by atoms with Crippen molar-refractivity contribution >= 4 is 15.9 Å². The van der Waals surface area contributed by atoms with Crippen molar-refractivity contribution in [2.45, 2.75) is 44.9 Å². The highest BCUT2D eigenvalue weighted by molar-refractivity contribution is 9.08. The topological polar surface area (TPSA) is 25.8 Å². The minimum atomic E-state index is 0.418. The molecule has 1 saturated carbocycles. The predicted molar refractivity (Wildman–Crippen MR) is 65.2 cm³/mol. The van der Waals surface area contributed by atoms with Crippen molar-refractivity contribution in [3.05, 3.63) is 23.3 Å². The van der Waals surface area contributed by atoms with Crippen LogP contribution in [0.4, 0.5) is 0 Å². The molecule has 0 saturated heterocycles. The van der Waals surface area contributed by atoms with Gasteiger partial charge < -0.3 is 0 Å². The molecule has 1 fully saturated rings. The molecule has 1 aliphatic rings. The largest absolute Gasteiger partial charge is 0.241 e. The average Bonchev–Trinajstić information content (AvgIpc) is 2.86. The van der Waals surface area contributed by atoms with Crippen LogP contribution in [0.5, 0.6) is 0 Å². The summed E-state index contributed by atoms with van der Waals surface area (Å²) in [5.74, 6) is 1.62. The second kappa shape index (κ2) is 3.85. The lowest BCUT2D eigenvalue weighted by molar-refractivity contribution is 0.606. The number of nitrogens with zero attached hydrogens (tertiary/aromatic N) is 2. The molecule has 3 heteroatoms. The maximum absolute atomic E-state index is 4.68. The summed E-state index contributed by atoms with van der Waals surface area (Å²) in [6.45, 7) is 6.71. The number of hydrogen-bond acceptors (Lipinski definition) is 2. The molecule has 0 N–H and O–H groups in total. The Bertz CT molecular complexity index is 374. The minimum Gasteiger partial charge on any atom is -0.241 e. The molecule has 0 amide bonds. The summed E-state index contributed by atoms with van der Waals surface area (Å²) in [7, 11) is 0. The van der Waals surface area contributed by atoms with E-state index in [2.05, 4.69) is 46.7 Å². The lowest BCUT2D eigenvalue weighted by Crippen LogP contribution is -2.03. The first-order chi connectivity index (χ1) is 7.08. The van der Waals surface area contributed by atoms with Crippen molar-refractivity contribution in [2.75, 3.05) is 0 Å². The quantitative estimate of drug-likeness (QED) is 0.785. The zero-order chi connectivity index (χ0) is 11.1. The Hall–Kier alpha value is -0.440. The molecule has 0 radical (unpaired) electrons. The summed E-state index contributed by atoms with van der Waals surface area (Å²) in [4.78, 5) is 9.15. The van der Waals surface area contributed by atoms with Crippen molar-refractivity contribution in [1.29, 1.82) is 0 Å². The van der Waals surface area contributed by atoms with E-state index >= 15 is 0 Å². The number of aromatic nitrogens is 2. The lowest BCUT2D eigenvalue weighted by atomic mass is 10.1. The van der Waals surface area contributed by atoms with Gasteiger partial charge in [0.1, 0.15) is 5.82 Å². The molecular formula is C12H17BrN2. The van der Waals surface area contributed by atoms with E-state index in [0.717, 1.165) is 17.6 Å². The summed E-state index contributed by atoms with van der Waals surface area (Å²) in [6.07, 6.45) is 4.19. The van der Waals surface area contributed by atoms with Crippen LogP contribution in [-0.2, 0) is 11.8 Å². The normalized spacial score (nSPS) is 22.8. The molecule has 15 heavy (non-hydrogen) atoms. The smallest absolute Gasteiger partial charge is 0.132 e. The maximum Gasteiger partial charge on any atom is 0.132 e. The van der Waals surface area contributed by atoms with E-state index in [0.29, 0.717) is 11.3 Å². The van der Waals surface area contributed by atoms with Gasteiger partial charge in [0.15, 0.2) is 0 Å². The van der Waals surface area contributed by atoms with Gasteiger partial charge in [-0.1, -0.05) is 36.7 Å². The van der Waals surface area contributed by atoms with Gasteiger partial charge in [-0.05, 0) is 18.3 Å². The second-order valence-electron chi connectivity index (χ2n) is 4.93. The molecule has 0 spiro atoms. The average molecular weight is 269 g/mol. The molecule has 1 unspecified atom stereocenters. The van der Waals surface area contributed by atoms with Gasteiger partial charge >= 0.3 is 0 Å². The Labute approximate surface area is 99.7 Å². The van der Waals surface area contributed by atoms with Crippen molar-refractivity contribution in [1.82, 2.24) is 9.97 Å². The molecule has 0 bridgehead atoms. The number of aryl methyl sites for hydroxylation is 1. The van der Waals surface area contributed by atoms with Gasteiger partial charge in [0.05, 0.1) is 0 Å². The van der Waals surface area contributed by atoms with Crippen LogP contribution in [0.15, 0.2) is 6.20 Å². The molecule has 1 heterocycles. The Morgan fingerprint density at radius 3 is 2.67 bits per heavy atom. The molecule has 1 aliphatic carbocycles. The van der Waals surface area contributed by atoms with Crippen molar-refractivity contribution < 1.29 is 0 Å². The van der Waals surface area contributed by atoms with Crippen LogP contribution in [0.3, 0.4) is 0 Å². The third-order valence-corrected chi connectivity index (χ3v) is 3.88. The Balaban J connectivity index is 2.28. The summed E-state index contributed by atoms with van der Waals surface area (Å²) in [5, 5.41) is 0.852. The molecule has 0 aliphatic heterocycles. The summed E-state index contributed by atoms with van der Waals surface area (Å²) >= 11 is 3.47. The fourth-order valence-corrected chi connectivity index (χ4v) is 2.42. The molecule has 0 aromatic carbocycles. The number of rotatable bonds is 3. The number of alkyl halides is 1. The van der Waals surface area contributed by atoms with E-state index in [4.69, 9.17) is 0 Å². The summed E-state index contributed by atoms with van der Waals surface area (Å²) in [6, 6.07) is 0. The Kier molecular flexibility index (Phi) is 2.84. The Morgan fingerprint density at radius 2 is 2.20 bits per heavy atom. The third kappa shape index (κ3) is 2.07. The van der Waals surface area contributed by atoms with Crippen LogP contribution in [0.1, 0.15) is 50.2 Å². The van der Waals surface area contributed by atoms with Gasteiger partial charge in [0.25, 0.3) is 0 Å². The fourth-order valence-electron chi connectivity index (χ4n) is 1.95. The highest BCUT2D eigenvalue weighted by Crippen LogP contribution is 2.57. The van der Waals surface area contributed by atoms with Gasteiger partial charge in [-0.25, -0.2) is 9.97 Å². The van der Waals surface area contributed by atoms with Gasteiger partial charge in [-0.3, -0.25) is 0 Å². The van der Waals surface area contributed by atoms with Gasteiger partial charge in [-0.15, -0.1) is 0 Å². The SMILES string of the molecule is CCc1nc(C2CC2(C)C)ncc1CBr. The van der Waals surface area contributed by atoms with Crippen molar-refractivity contribution in [2.24, 2.45) is 5.41 Å². The van der Waals surface area contributed by atoms with Crippen LogP contribution in [-0.4, -0.2) is 9.97 Å². The van der Waals surface area contributed by atoms with Crippen LogP contribution in [0, 0.1) is 5.41 Å². The van der Waals surface area contributed by atoms with Gasteiger partial charge in [0, 0.05) is 28.7 Å². The molecule has 1 atom stereocenters. The van der Waals surface area contributed by atoms with Crippen molar-refractivity contribution in [3.63, 3.8) is 0 Å². The van der Waals surface area contributed by atoms with E-state index < -0.39 is 0 Å². The molecule has 1 aromatic heterocycles. The van der Waals surface area contributed by atoms with E-state index in [1.807, 2.05) is 6.20 Å². The fraction of sp³-hybridized carbons (Fsp3) is 0.667. The van der Waals surface area contributed by atoms with E-state index in [-0.39, 0.29) is 0 Å². The predicted octanol–water partition coefficient (Wildman–Crippen LogP) is 3.45. The van der Waals surface area contributed by atoms with Gasteiger partial charge in [-0.2, -0.15) is 0 Å². The highest BCUT2D eigenvalue weighted by Gasteiger charge is 2.48. The van der Waals surface area contributed by atoms with Crippen LogP contribution in [0.25, 0.3) is 0 Å². The zero-order valence-electron chi connectivity index (χ0n) is 9.55. The number of halogens is 1. The lowest BCUT2D eigenvalue weighted by Gasteiger charge is -2.07. The monoisotopic (exact) mass is 268 g/mol. The summed E-state index contributed by atoms with van der Waals surface area (Å²) in [5.41, 5.74) is 2.83. The van der Waals surface area contributed by atoms with Crippen molar-refractivity contribution in [3.8, 4) is 0 Å². The van der Waals surface area contributed by atoms with Crippen LogP contribution >= 0.6 is 15.9 Å². The molecule has 2 rings (SSSR count). The van der Waals surface area contributed by atoms with Crippen LogP contribution in [0.2, 0.25) is 0 Å². The first kappa shape index (κ1) is 11.1. The Morgan fingerprint density at radius 1 is 1.53 bits per heavy atom. The van der Waals surface area contributed by atoms with Crippen LogP contribution < -0.4 is 0 Å². The number of hydrogen-bond donors (Lipinski definition) is 0. The third-order valence-electron chi connectivity index (χ3n) is 3.28. The second-order valence-corrected chi connectivity index (χ2v) is 5.49. The van der Waals surface area contributed by atoms with E-state index in [1.54, 1.807) is 0 Å². The molecular weight excluding hydrogens is 252 g/mol. The highest BCUT2D eigenvalue weighted by atomic mass is 79.9. The van der Waals surface area contributed by atoms with E-state index in [1.165, 1.54) is 17.7 Å². The van der Waals surface area contributed by atoms with Gasteiger partial charge in [0.2, 0.25) is 0 Å². The molecule has 2 nitrogen and oxygen atoms in total. The maximum atomic E-state index is 4.68. The minimum absolute atomic E-state index is 0.418. The van der Waals surface area contributed by atoms with E-state index in [9.17, 15) is 0 Å². The first-order valence-corrected chi connectivity index (χ1v) is 6.61. The summed E-state index contributed by atoms with van der Waals surface area (Å²) < 4.78 is 0. The first-order valence-electron chi connectivity index (χ1n) is 5.49. The molecule has 82 valence electrons. The zero-order valence-corrected chi connectivity index (χ0v) is 11.1. The standard InChI is InChI=1S/C12H17BrN2/c1-4-10-8(6-13)7-14-11(15-10)9-5-12(9,2)3/h7,9H,4-6H2,1-3H3. The molecule has 1 aromatic rings.